The van der Waals surface area contributed by atoms with Crippen LogP contribution >= 0.6 is 0 Å². The molecule has 3 atom stereocenters. The Kier molecular flexibility index (Phi) is 4.31. The summed E-state index contributed by atoms with van der Waals surface area (Å²) >= 11 is 0. The SMILES string of the molecule is CCCC1(C(=O)N2CC(C)CCC2C)CCCN1. The third kappa shape index (κ3) is 2.56. The second-order valence-corrected chi connectivity index (χ2v) is 6.35. The fourth-order valence-electron chi connectivity index (χ4n) is 3.58. The zero-order chi connectivity index (χ0) is 13.2. The second kappa shape index (κ2) is 5.60. The molecular formula is C15H28N2O. The summed E-state index contributed by atoms with van der Waals surface area (Å²) < 4.78 is 0. The average Bonchev–Trinajstić information content (AvgIpc) is 2.82. The first-order valence-corrected chi connectivity index (χ1v) is 7.65. The van der Waals surface area contributed by atoms with E-state index < -0.39 is 0 Å². The Hall–Kier alpha value is -0.570. The van der Waals surface area contributed by atoms with E-state index in [1.54, 1.807) is 0 Å². The van der Waals surface area contributed by atoms with Gasteiger partial charge in [0, 0.05) is 12.6 Å². The van der Waals surface area contributed by atoms with Gasteiger partial charge in [-0.05, 0) is 51.5 Å². The highest BCUT2D eigenvalue weighted by atomic mass is 16.2. The summed E-state index contributed by atoms with van der Waals surface area (Å²) in [4.78, 5) is 15.1. The summed E-state index contributed by atoms with van der Waals surface area (Å²) in [6.45, 7) is 8.60. The molecule has 2 rings (SSSR count). The highest BCUT2D eigenvalue weighted by molar-refractivity contribution is 5.87. The summed E-state index contributed by atoms with van der Waals surface area (Å²) in [5, 5.41) is 3.51. The monoisotopic (exact) mass is 252 g/mol. The Morgan fingerprint density at radius 1 is 1.39 bits per heavy atom. The molecular weight excluding hydrogens is 224 g/mol. The Bertz CT molecular complexity index is 297. The van der Waals surface area contributed by atoms with Gasteiger partial charge in [-0.25, -0.2) is 0 Å². The predicted octanol–water partition coefficient (Wildman–Crippen LogP) is 2.56. The number of carbonyl (C=O) groups excluding carboxylic acids is 1. The molecule has 0 bridgehead atoms. The number of likely N-dealkylation sites (tertiary alicyclic amines) is 1. The van der Waals surface area contributed by atoms with E-state index in [0.29, 0.717) is 17.9 Å². The van der Waals surface area contributed by atoms with Crippen LogP contribution in [0, 0.1) is 5.92 Å². The number of nitrogens with zero attached hydrogens (tertiary/aromatic N) is 1. The smallest absolute Gasteiger partial charge is 0.243 e. The van der Waals surface area contributed by atoms with Crippen LogP contribution in [0.4, 0.5) is 0 Å². The molecule has 1 amide bonds. The van der Waals surface area contributed by atoms with Crippen LogP contribution in [0.2, 0.25) is 0 Å². The predicted molar refractivity (Wildman–Crippen MR) is 74.4 cm³/mol. The normalized spacial score (nSPS) is 36.9. The molecule has 0 spiro atoms. The van der Waals surface area contributed by atoms with Crippen molar-refractivity contribution < 1.29 is 4.79 Å². The molecule has 2 aliphatic rings. The van der Waals surface area contributed by atoms with Crippen LogP contribution in [0.25, 0.3) is 0 Å². The number of amides is 1. The van der Waals surface area contributed by atoms with E-state index in [2.05, 4.69) is 31.0 Å². The largest absolute Gasteiger partial charge is 0.338 e. The molecule has 2 fully saturated rings. The van der Waals surface area contributed by atoms with Crippen molar-refractivity contribution in [3.8, 4) is 0 Å². The maximum Gasteiger partial charge on any atom is 0.243 e. The summed E-state index contributed by atoms with van der Waals surface area (Å²) in [6.07, 6.45) is 6.66. The number of carbonyl (C=O) groups is 1. The molecule has 0 aliphatic carbocycles. The van der Waals surface area contributed by atoms with Crippen molar-refractivity contribution in [3.05, 3.63) is 0 Å². The van der Waals surface area contributed by atoms with Gasteiger partial charge in [0.1, 0.15) is 0 Å². The van der Waals surface area contributed by atoms with Gasteiger partial charge in [-0.15, -0.1) is 0 Å². The molecule has 2 heterocycles. The standard InChI is InChI=1S/C15H28N2O/c1-4-8-15(9-5-10-16-15)14(18)17-11-12(2)6-7-13(17)3/h12-13,16H,4-11H2,1-3H3. The Morgan fingerprint density at radius 2 is 2.17 bits per heavy atom. The van der Waals surface area contributed by atoms with Crippen LogP contribution in [0.15, 0.2) is 0 Å². The van der Waals surface area contributed by atoms with Crippen LogP contribution in [0.5, 0.6) is 0 Å². The van der Waals surface area contributed by atoms with Crippen LogP contribution in [-0.4, -0.2) is 35.5 Å². The topological polar surface area (TPSA) is 32.3 Å². The van der Waals surface area contributed by atoms with Gasteiger partial charge in [0.05, 0.1) is 5.54 Å². The van der Waals surface area contributed by atoms with Gasteiger partial charge in [0.15, 0.2) is 0 Å². The first-order valence-electron chi connectivity index (χ1n) is 7.65. The number of nitrogens with one attached hydrogen (secondary N) is 1. The lowest BCUT2D eigenvalue weighted by Gasteiger charge is -2.42. The van der Waals surface area contributed by atoms with Gasteiger partial charge in [0.2, 0.25) is 5.91 Å². The Labute approximate surface area is 111 Å². The van der Waals surface area contributed by atoms with Gasteiger partial charge >= 0.3 is 0 Å². The molecule has 1 N–H and O–H groups in total. The zero-order valence-corrected chi connectivity index (χ0v) is 12.2. The van der Waals surface area contributed by atoms with E-state index in [4.69, 9.17) is 0 Å². The van der Waals surface area contributed by atoms with Crippen molar-refractivity contribution >= 4 is 5.91 Å². The minimum Gasteiger partial charge on any atom is -0.338 e. The van der Waals surface area contributed by atoms with Crippen molar-refractivity contribution in [2.45, 2.75) is 70.9 Å². The number of piperidine rings is 1. The maximum absolute atomic E-state index is 12.9. The molecule has 0 radical (unpaired) electrons. The fourth-order valence-corrected chi connectivity index (χ4v) is 3.58. The van der Waals surface area contributed by atoms with Gasteiger partial charge in [-0.3, -0.25) is 4.79 Å². The number of hydrogen-bond donors (Lipinski definition) is 1. The van der Waals surface area contributed by atoms with E-state index >= 15 is 0 Å². The van der Waals surface area contributed by atoms with Crippen molar-refractivity contribution in [1.29, 1.82) is 0 Å². The van der Waals surface area contributed by atoms with Crippen LogP contribution in [0.1, 0.15) is 59.3 Å². The first-order chi connectivity index (χ1) is 8.59. The minimum absolute atomic E-state index is 0.236. The molecule has 3 nitrogen and oxygen atoms in total. The second-order valence-electron chi connectivity index (χ2n) is 6.35. The van der Waals surface area contributed by atoms with E-state index in [1.807, 2.05) is 0 Å². The lowest BCUT2D eigenvalue weighted by atomic mass is 9.87. The summed E-state index contributed by atoms with van der Waals surface area (Å²) in [5.41, 5.74) is -0.236. The first kappa shape index (κ1) is 13.9. The maximum atomic E-state index is 12.9. The molecule has 2 aliphatic heterocycles. The van der Waals surface area contributed by atoms with E-state index in [9.17, 15) is 4.79 Å². The number of rotatable bonds is 3. The third-order valence-electron chi connectivity index (χ3n) is 4.71. The van der Waals surface area contributed by atoms with E-state index in [-0.39, 0.29) is 5.54 Å². The van der Waals surface area contributed by atoms with Crippen molar-refractivity contribution in [3.63, 3.8) is 0 Å². The minimum atomic E-state index is -0.236. The number of hydrogen-bond acceptors (Lipinski definition) is 2. The molecule has 0 aromatic rings. The molecule has 0 aromatic heterocycles. The molecule has 3 unspecified atom stereocenters. The van der Waals surface area contributed by atoms with Gasteiger partial charge in [0.25, 0.3) is 0 Å². The Balaban J connectivity index is 2.12. The lowest BCUT2D eigenvalue weighted by molar-refractivity contribution is -0.142. The molecule has 2 saturated heterocycles. The molecule has 104 valence electrons. The quantitative estimate of drug-likeness (QED) is 0.837. The zero-order valence-electron chi connectivity index (χ0n) is 12.2. The summed E-state index contributed by atoms with van der Waals surface area (Å²) in [6, 6.07) is 0.421. The highest BCUT2D eigenvalue weighted by Crippen LogP contribution is 2.31. The van der Waals surface area contributed by atoms with Gasteiger partial charge in [-0.2, -0.15) is 0 Å². The van der Waals surface area contributed by atoms with Gasteiger partial charge < -0.3 is 10.2 Å². The van der Waals surface area contributed by atoms with Crippen LogP contribution in [-0.2, 0) is 4.79 Å². The Morgan fingerprint density at radius 3 is 2.78 bits per heavy atom. The van der Waals surface area contributed by atoms with E-state index in [0.717, 1.165) is 45.2 Å². The molecule has 18 heavy (non-hydrogen) atoms. The lowest BCUT2D eigenvalue weighted by Crippen LogP contribution is -2.58. The fraction of sp³-hybridized carbons (Fsp3) is 0.933. The summed E-state index contributed by atoms with van der Waals surface area (Å²) in [7, 11) is 0. The van der Waals surface area contributed by atoms with Crippen molar-refractivity contribution in [2.75, 3.05) is 13.1 Å². The van der Waals surface area contributed by atoms with Crippen LogP contribution < -0.4 is 5.32 Å². The average molecular weight is 252 g/mol. The van der Waals surface area contributed by atoms with Crippen molar-refractivity contribution in [2.24, 2.45) is 5.92 Å². The molecule has 0 saturated carbocycles. The third-order valence-corrected chi connectivity index (χ3v) is 4.71. The molecule has 3 heteroatoms. The molecule has 0 aromatic carbocycles. The van der Waals surface area contributed by atoms with Crippen molar-refractivity contribution in [1.82, 2.24) is 10.2 Å². The van der Waals surface area contributed by atoms with E-state index in [1.165, 1.54) is 6.42 Å². The van der Waals surface area contributed by atoms with Crippen LogP contribution in [0.3, 0.4) is 0 Å². The summed E-state index contributed by atoms with van der Waals surface area (Å²) in [5.74, 6) is 1.03. The van der Waals surface area contributed by atoms with Gasteiger partial charge in [-0.1, -0.05) is 20.3 Å². The highest BCUT2D eigenvalue weighted by Gasteiger charge is 2.44.